The smallest absolute Gasteiger partial charge is 0.289 e. The van der Waals surface area contributed by atoms with Gasteiger partial charge < -0.3 is 23.9 Å². The summed E-state index contributed by atoms with van der Waals surface area (Å²) in [6, 6.07) is 10.8. The SMILES string of the molecule is COc1ccc2[nH]c(C(=O)N3CCN(C(=O)c4ccco4)CC3)cc2c1. The first-order chi connectivity index (χ1) is 12.7. The minimum absolute atomic E-state index is 0.0646. The maximum Gasteiger partial charge on any atom is 0.289 e. The molecular formula is C19H19N3O4. The lowest BCUT2D eigenvalue weighted by Crippen LogP contribution is -2.50. The molecule has 0 radical (unpaired) electrons. The van der Waals surface area contributed by atoms with Crippen LogP contribution in [-0.2, 0) is 0 Å². The van der Waals surface area contributed by atoms with Gasteiger partial charge in [-0.25, -0.2) is 0 Å². The van der Waals surface area contributed by atoms with Gasteiger partial charge in [0.25, 0.3) is 11.8 Å². The average Bonchev–Trinajstić information content (AvgIpc) is 3.36. The highest BCUT2D eigenvalue weighted by molar-refractivity contribution is 5.98. The predicted molar refractivity (Wildman–Crippen MR) is 95.4 cm³/mol. The van der Waals surface area contributed by atoms with E-state index in [1.807, 2.05) is 24.3 Å². The number of hydrogen-bond acceptors (Lipinski definition) is 4. The van der Waals surface area contributed by atoms with Crippen LogP contribution in [0.2, 0.25) is 0 Å². The Morgan fingerprint density at radius 3 is 2.42 bits per heavy atom. The number of fused-ring (bicyclic) bond motifs is 1. The third-order valence-corrected chi connectivity index (χ3v) is 4.64. The minimum atomic E-state index is -0.139. The molecule has 134 valence electrons. The minimum Gasteiger partial charge on any atom is -0.497 e. The summed E-state index contributed by atoms with van der Waals surface area (Å²) in [5.41, 5.74) is 1.43. The number of rotatable bonds is 3. The predicted octanol–water partition coefficient (Wildman–Crippen LogP) is 2.37. The monoisotopic (exact) mass is 353 g/mol. The molecule has 0 spiro atoms. The number of carbonyl (C=O) groups excluding carboxylic acids is 2. The Labute approximate surface area is 150 Å². The zero-order valence-corrected chi connectivity index (χ0v) is 14.4. The van der Waals surface area contributed by atoms with Crippen molar-refractivity contribution in [2.45, 2.75) is 0 Å². The molecule has 4 rings (SSSR count). The Morgan fingerprint density at radius 1 is 1.04 bits per heavy atom. The number of aromatic nitrogens is 1. The largest absolute Gasteiger partial charge is 0.497 e. The van der Waals surface area contributed by atoms with Gasteiger partial charge in [-0.05, 0) is 36.4 Å². The number of aromatic amines is 1. The van der Waals surface area contributed by atoms with Crippen LogP contribution in [0.4, 0.5) is 0 Å². The summed E-state index contributed by atoms with van der Waals surface area (Å²) in [7, 11) is 1.61. The van der Waals surface area contributed by atoms with Crippen LogP contribution in [0.3, 0.4) is 0 Å². The second kappa shape index (κ2) is 6.59. The maximum absolute atomic E-state index is 12.8. The molecule has 0 aliphatic carbocycles. The molecule has 1 N–H and O–H groups in total. The number of furan rings is 1. The first-order valence-electron chi connectivity index (χ1n) is 8.44. The normalized spacial score (nSPS) is 14.7. The zero-order chi connectivity index (χ0) is 18.1. The highest BCUT2D eigenvalue weighted by atomic mass is 16.5. The van der Waals surface area contributed by atoms with Crippen molar-refractivity contribution >= 4 is 22.7 Å². The van der Waals surface area contributed by atoms with Crippen LogP contribution >= 0.6 is 0 Å². The van der Waals surface area contributed by atoms with Gasteiger partial charge in [-0.3, -0.25) is 9.59 Å². The number of ether oxygens (including phenoxy) is 1. The van der Waals surface area contributed by atoms with Crippen LogP contribution in [0.1, 0.15) is 21.0 Å². The van der Waals surface area contributed by atoms with Crippen molar-refractivity contribution in [3.05, 3.63) is 54.1 Å². The summed E-state index contributed by atoms with van der Waals surface area (Å²) in [5.74, 6) is 0.875. The molecule has 3 heterocycles. The maximum atomic E-state index is 12.8. The van der Waals surface area contributed by atoms with Crippen LogP contribution in [0, 0.1) is 0 Å². The number of amides is 2. The molecule has 0 saturated carbocycles. The second-order valence-electron chi connectivity index (χ2n) is 6.20. The summed E-state index contributed by atoms with van der Waals surface area (Å²) in [5, 5.41) is 0.930. The topological polar surface area (TPSA) is 78.8 Å². The van der Waals surface area contributed by atoms with Crippen molar-refractivity contribution in [3.8, 4) is 5.75 Å². The lowest BCUT2D eigenvalue weighted by molar-refractivity contribution is 0.0516. The fraction of sp³-hybridized carbons (Fsp3) is 0.263. The van der Waals surface area contributed by atoms with E-state index in [0.29, 0.717) is 37.6 Å². The Morgan fingerprint density at radius 2 is 1.77 bits per heavy atom. The van der Waals surface area contributed by atoms with Crippen molar-refractivity contribution in [2.75, 3.05) is 33.3 Å². The van der Waals surface area contributed by atoms with E-state index in [-0.39, 0.29) is 11.8 Å². The molecule has 0 bridgehead atoms. The molecule has 1 aromatic carbocycles. The van der Waals surface area contributed by atoms with Crippen LogP contribution in [0.25, 0.3) is 10.9 Å². The number of carbonyl (C=O) groups is 2. The second-order valence-corrected chi connectivity index (χ2v) is 6.20. The molecule has 7 heteroatoms. The van der Waals surface area contributed by atoms with E-state index in [4.69, 9.17) is 9.15 Å². The first-order valence-corrected chi connectivity index (χ1v) is 8.44. The third-order valence-electron chi connectivity index (χ3n) is 4.64. The van der Waals surface area contributed by atoms with Gasteiger partial charge in [0.2, 0.25) is 0 Å². The fourth-order valence-corrected chi connectivity index (χ4v) is 3.19. The van der Waals surface area contributed by atoms with E-state index in [9.17, 15) is 9.59 Å². The van der Waals surface area contributed by atoms with Gasteiger partial charge in [0.05, 0.1) is 13.4 Å². The molecule has 26 heavy (non-hydrogen) atoms. The molecule has 0 atom stereocenters. The molecule has 1 saturated heterocycles. The highest BCUT2D eigenvalue weighted by Crippen LogP contribution is 2.22. The third kappa shape index (κ3) is 2.92. The van der Waals surface area contributed by atoms with Crippen LogP contribution in [0.5, 0.6) is 5.75 Å². The van der Waals surface area contributed by atoms with Crippen LogP contribution in [0.15, 0.2) is 47.1 Å². The average molecular weight is 353 g/mol. The fourth-order valence-electron chi connectivity index (χ4n) is 3.19. The van der Waals surface area contributed by atoms with Crippen LogP contribution in [-0.4, -0.2) is 59.9 Å². The van der Waals surface area contributed by atoms with Crippen LogP contribution < -0.4 is 4.74 Å². The van der Waals surface area contributed by atoms with Gasteiger partial charge in [0, 0.05) is 37.1 Å². The molecule has 3 aromatic rings. The first kappa shape index (κ1) is 16.3. The van der Waals surface area contributed by atoms with Gasteiger partial charge >= 0.3 is 0 Å². The number of nitrogens with one attached hydrogen (secondary N) is 1. The number of piperazine rings is 1. The molecule has 1 aliphatic heterocycles. The standard InChI is InChI=1S/C19H19N3O4/c1-25-14-4-5-15-13(11-14)12-16(20-15)18(23)21-6-8-22(9-7-21)19(24)17-3-2-10-26-17/h2-5,10-12,20H,6-9H2,1H3. The van der Waals surface area contributed by atoms with Crippen molar-refractivity contribution in [1.29, 1.82) is 0 Å². The summed E-state index contributed by atoms with van der Waals surface area (Å²) >= 11 is 0. The molecule has 7 nitrogen and oxygen atoms in total. The van der Waals surface area contributed by atoms with E-state index in [1.54, 1.807) is 29.0 Å². The van der Waals surface area contributed by atoms with Crippen molar-refractivity contribution in [2.24, 2.45) is 0 Å². The van der Waals surface area contributed by atoms with Crippen molar-refractivity contribution in [3.63, 3.8) is 0 Å². The molecule has 2 amide bonds. The molecule has 0 unspecified atom stereocenters. The molecule has 1 fully saturated rings. The summed E-state index contributed by atoms with van der Waals surface area (Å²) < 4.78 is 10.4. The van der Waals surface area contributed by atoms with E-state index in [1.165, 1.54) is 6.26 Å². The number of methoxy groups -OCH3 is 1. The molecule has 1 aliphatic rings. The lowest BCUT2D eigenvalue weighted by Gasteiger charge is -2.34. The molecular weight excluding hydrogens is 334 g/mol. The van der Waals surface area contributed by atoms with Gasteiger partial charge in [0.15, 0.2) is 5.76 Å². The Hall–Kier alpha value is -3.22. The van der Waals surface area contributed by atoms with Gasteiger partial charge in [-0.1, -0.05) is 0 Å². The molecule has 2 aromatic heterocycles. The summed E-state index contributed by atoms with van der Waals surface area (Å²) in [6.45, 7) is 1.95. The van der Waals surface area contributed by atoms with Crippen molar-refractivity contribution < 1.29 is 18.7 Å². The lowest BCUT2D eigenvalue weighted by atomic mass is 10.2. The van der Waals surface area contributed by atoms with Gasteiger partial charge in [-0.15, -0.1) is 0 Å². The number of nitrogens with zero attached hydrogens (tertiary/aromatic N) is 2. The van der Waals surface area contributed by atoms with E-state index in [0.717, 1.165) is 16.7 Å². The van der Waals surface area contributed by atoms with Gasteiger partial charge in [-0.2, -0.15) is 0 Å². The van der Waals surface area contributed by atoms with E-state index >= 15 is 0 Å². The Bertz CT molecular complexity index is 937. The zero-order valence-electron chi connectivity index (χ0n) is 14.4. The van der Waals surface area contributed by atoms with Gasteiger partial charge in [0.1, 0.15) is 11.4 Å². The number of hydrogen-bond donors (Lipinski definition) is 1. The highest BCUT2D eigenvalue weighted by Gasteiger charge is 2.27. The number of H-pyrrole nitrogens is 1. The van der Waals surface area contributed by atoms with Crippen molar-refractivity contribution in [1.82, 2.24) is 14.8 Å². The number of benzene rings is 1. The van der Waals surface area contributed by atoms with E-state index < -0.39 is 0 Å². The Kier molecular flexibility index (Phi) is 4.12. The summed E-state index contributed by atoms with van der Waals surface area (Å²) in [6.07, 6.45) is 1.48. The van der Waals surface area contributed by atoms with E-state index in [2.05, 4.69) is 4.98 Å². The summed E-state index contributed by atoms with van der Waals surface area (Å²) in [4.78, 5) is 31.7. The Balaban J connectivity index is 1.44. The quantitative estimate of drug-likeness (QED) is 0.784.